The minimum atomic E-state index is -0.261. The summed E-state index contributed by atoms with van der Waals surface area (Å²) in [6, 6.07) is 0. The number of carbonyl (C=O) groups excluding carboxylic acids is 1. The summed E-state index contributed by atoms with van der Waals surface area (Å²) in [4.78, 5) is 23.9. The molecular weight excluding hydrogens is 274 g/mol. The van der Waals surface area contributed by atoms with Gasteiger partial charge in [0, 0.05) is 33.2 Å². The summed E-state index contributed by atoms with van der Waals surface area (Å²) in [6.07, 6.45) is 1.24. The molecule has 116 valence electrons. The van der Waals surface area contributed by atoms with Gasteiger partial charge in [0.05, 0.1) is 13.7 Å². The van der Waals surface area contributed by atoms with Crippen molar-refractivity contribution in [1.29, 1.82) is 0 Å². The maximum atomic E-state index is 11.7. The molecule has 2 heterocycles. The van der Waals surface area contributed by atoms with Crippen LogP contribution in [0, 0.1) is 0 Å². The standard InChI is InChI=1S/C13H21N5O3/c1-4-21-13(19)18-7-5-17(6-8-18)12-10(20-3)11(14-2)15-9-16-12/h9H,4-8H2,1-3H3,(H,14,15,16). The van der Waals surface area contributed by atoms with E-state index < -0.39 is 0 Å². The van der Waals surface area contributed by atoms with Crippen LogP contribution in [-0.4, -0.2) is 67.9 Å². The lowest BCUT2D eigenvalue weighted by Crippen LogP contribution is -2.49. The number of piperazine rings is 1. The number of aromatic nitrogens is 2. The Morgan fingerprint density at radius 2 is 2.05 bits per heavy atom. The van der Waals surface area contributed by atoms with Gasteiger partial charge in [0.2, 0.25) is 5.75 Å². The van der Waals surface area contributed by atoms with E-state index in [0.29, 0.717) is 44.4 Å². The number of hydrogen-bond donors (Lipinski definition) is 1. The van der Waals surface area contributed by atoms with Crippen molar-refractivity contribution in [3.05, 3.63) is 6.33 Å². The fraction of sp³-hybridized carbons (Fsp3) is 0.615. The number of methoxy groups -OCH3 is 1. The van der Waals surface area contributed by atoms with Gasteiger partial charge < -0.3 is 24.6 Å². The lowest BCUT2D eigenvalue weighted by Gasteiger charge is -2.35. The number of rotatable bonds is 4. The molecule has 0 aromatic carbocycles. The van der Waals surface area contributed by atoms with E-state index >= 15 is 0 Å². The Labute approximate surface area is 124 Å². The van der Waals surface area contributed by atoms with Crippen molar-refractivity contribution in [1.82, 2.24) is 14.9 Å². The molecule has 1 aromatic rings. The van der Waals surface area contributed by atoms with Crippen molar-refractivity contribution in [3.8, 4) is 5.75 Å². The summed E-state index contributed by atoms with van der Waals surface area (Å²) < 4.78 is 10.4. The summed E-state index contributed by atoms with van der Waals surface area (Å²) in [5.74, 6) is 2.00. The first-order chi connectivity index (χ1) is 10.2. The predicted octanol–water partition coefficient (Wildman–Crippen LogP) is 0.805. The van der Waals surface area contributed by atoms with Crippen molar-refractivity contribution >= 4 is 17.7 Å². The Bertz CT molecular complexity index is 489. The molecule has 0 spiro atoms. The van der Waals surface area contributed by atoms with E-state index in [-0.39, 0.29) is 6.09 Å². The maximum absolute atomic E-state index is 11.7. The van der Waals surface area contributed by atoms with Gasteiger partial charge in [-0.2, -0.15) is 0 Å². The third-order valence-electron chi connectivity index (χ3n) is 3.33. The van der Waals surface area contributed by atoms with Crippen LogP contribution >= 0.6 is 0 Å². The van der Waals surface area contributed by atoms with Crippen LogP contribution in [-0.2, 0) is 4.74 Å². The van der Waals surface area contributed by atoms with Gasteiger partial charge >= 0.3 is 6.09 Å². The minimum Gasteiger partial charge on any atom is -0.490 e. The molecule has 1 aliphatic heterocycles. The molecule has 8 nitrogen and oxygen atoms in total. The number of nitrogens with one attached hydrogen (secondary N) is 1. The lowest BCUT2D eigenvalue weighted by molar-refractivity contribution is 0.105. The molecular formula is C13H21N5O3. The first kappa shape index (κ1) is 15.1. The molecule has 0 atom stereocenters. The highest BCUT2D eigenvalue weighted by Gasteiger charge is 2.25. The SMILES string of the molecule is CCOC(=O)N1CCN(c2ncnc(NC)c2OC)CC1. The zero-order valence-electron chi connectivity index (χ0n) is 12.6. The van der Waals surface area contributed by atoms with Crippen molar-refractivity contribution in [2.45, 2.75) is 6.92 Å². The quantitative estimate of drug-likeness (QED) is 0.880. The molecule has 1 N–H and O–H groups in total. The van der Waals surface area contributed by atoms with Crippen molar-refractivity contribution in [3.63, 3.8) is 0 Å². The second-order valence-electron chi connectivity index (χ2n) is 4.50. The topological polar surface area (TPSA) is 79.8 Å². The van der Waals surface area contributed by atoms with Gasteiger partial charge in [-0.25, -0.2) is 14.8 Å². The summed E-state index contributed by atoms with van der Waals surface area (Å²) >= 11 is 0. The second-order valence-corrected chi connectivity index (χ2v) is 4.50. The first-order valence-electron chi connectivity index (χ1n) is 6.94. The third kappa shape index (κ3) is 3.26. The Hall–Kier alpha value is -2.25. The number of anilines is 2. The van der Waals surface area contributed by atoms with Crippen LogP contribution in [0.15, 0.2) is 6.33 Å². The zero-order chi connectivity index (χ0) is 15.2. The van der Waals surface area contributed by atoms with E-state index in [2.05, 4.69) is 20.2 Å². The molecule has 1 aromatic heterocycles. The van der Waals surface area contributed by atoms with Gasteiger partial charge in [-0.15, -0.1) is 0 Å². The second kappa shape index (κ2) is 6.96. The van der Waals surface area contributed by atoms with Crippen LogP contribution in [0.5, 0.6) is 5.75 Å². The Kier molecular flexibility index (Phi) is 5.02. The molecule has 0 aliphatic carbocycles. The summed E-state index contributed by atoms with van der Waals surface area (Å²) in [5, 5.41) is 2.98. The molecule has 1 saturated heterocycles. The monoisotopic (exact) mass is 295 g/mol. The lowest BCUT2D eigenvalue weighted by atomic mass is 10.3. The molecule has 1 fully saturated rings. The van der Waals surface area contributed by atoms with E-state index in [1.807, 2.05) is 0 Å². The van der Waals surface area contributed by atoms with Crippen molar-refractivity contribution in [2.75, 3.05) is 57.2 Å². The highest BCUT2D eigenvalue weighted by Crippen LogP contribution is 2.31. The minimum absolute atomic E-state index is 0.261. The van der Waals surface area contributed by atoms with Gasteiger partial charge in [0.1, 0.15) is 6.33 Å². The molecule has 2 rings (SSSR count). The van der Waals surface area contributed by atoms with Gasteiger partial charge in [-0.05, 0) is 6.92 Å². The molecule has 1 amide bonds. The van der Waals surface area contributed by atoms with E-state index in [4.69, 9.17) is 9.47 Å². The predicted molar refractivity (Wildman–Crippen MR) is 78.9 cm³/mol. The normalized spacial score (nSPS) is 14.8. The molecule has 0 radical (unpaired) electrons. The van der Waals surface area contributed by atoms with Gasteiger partial charge in [0.15, 0.2) is 11.6 Å². The highest BCUT2D eigenvalue weighted by atomic mass is 16.6. The average molecular weight is 295 g/mol. The van der Waals surface area contributed by atoms with E-state index in [1.165, 1.54) is 6.33 Å². The smallest absolute Gasteiger partial charge is 0.409 e. The van der Waals surface area contributed by atoms with Crippen LogP contribution in [0.1, 0.15) is 6.92 Å². The van der Waals surface area contributed by atoms with Crippen LogP contribution in [0.2, 0.25) is 0 Å². The number of ether oxygens (including phenoxy) is 2. The van der Waals surface area contributed by atoms with E-state index in [9.17, 15) is 4.79 Å². The van der Waals surface area contributed by atoms with Gasteiger partial charge in [-0.1, -0.05) is 0 Å². The van der Waals surface area contributed by atoms with Crippen molar-refractivity contribution in [2.24, 2.45) is 0 Å². The number of amides is 1. The van der Waals surface area contributed by atoms with E-state index in [1.54, 1.807) is 26.0 Å². The van der Waals surface area contributed by atoms with Crippen LogP contribution in [0.3, 0.4) is 0 Å². The molecule has 1 aliphatic rings. The zero-order valence-corrected chi connectivity index (χ0v) is 12.6. The van der Waals surface area contributed by atoms with Crippen LogP contribution in [0.4, 0.5) is 16.4 Å². The third-order valence-corrected chi connectivity index (χ3v) is 3.33. The summed E-state index contributed by atoms with van der Waals surface area (Å²) in [6.45, 7) is 4.75. The molecule has 21 heavy (non-hydrogen) atoms. The summed E-state index contributed by atoms with van der Waals surface area (Å²) in [7, 11) is 3.38. The molecule has 0 saturated carbocycles. The highest BCUT2D eigenvalue weighted by molar-refractivity contribution is 5.69. The number of hydrogen-bond acceptors (Lipinski definition) is 7. The van der Waals surface area contributed by atoms with E-state index in [0.717, 1.165) is 5.82 Å². The van der Waals surface area contributed by atoms with Gasteiger partial charge in [-0.3, -0.25) is 0 Å². The number of carbonyl (C=O) groups is 1. The fourth-order valence-corrected chi connectivity index (χ4v) is 2.27. The van der Waals surface area contributed by atoms with Gasteiger partial charge in [0.25, 0.3) is 0 Å². The molecule has 8 heteroatoms. The Morgan fingerprint density at radius 1 is 1.33 bits per heavy atom. The fourth-order valence-electron chi connectivity index (χ4n) is 2.27. The van der Waals surface area contributed by atoms with Crippen molar-refractivity contribution < 1.29 is 14.3 Å². The molecule has 0 bridgehead atoms. The van der Waals surface area contributed by atoms with Crippen LogP contribution in [0.25, 0.3) is 0 Å². The van der Waals surface area contributed by atoms with Crippen LogP contribution < -0.4 is 15.0 Å². The largest absolute Gasteiger partial charge is 0.490 e. The average Bonchev–Trinajstić information content (AvgIpc) is 2.54. The Balaban J connectivity index is 2.07. The maximum Gasteiger partial charge on any atom is 0.409 e. The summed E-state index contributed by atoms with van der Waals surface area (Å²) in [5.41, 5.74) is 0. The number of nitrogens with zero attached hydrogens (tertiary/aromatic N) is 4. The Morgan fingerprint density at radius 3 is 2.62 bits per heavy atom. The first-order valence-corrected chi connectivity index (χ1v) is 6.94. The molecule has 0 unspecified atom stereocenters.